The fourth-order valence-corrected chi connectivity index (χ4v) is 3.42. The van der Waals surface area contributed by atoms with E-state index in [2.05, 4.69) is 10.3 Å². The number of Topliss-reactive ketones (excluding diaryl/α,β-unsaturated/α-hetero) is 1. The van der Waals surface area contributed by atoms with Gasteiger partial charge in [0.25, 0.3) is 5.91 Å². The summed E-state index contributed by atoms with van der Waals surface area (Å²) in [5, 5.41) is 2.85. The van der Waals surface area contributed by atoms with Crippen molar-refractivity contribution in [3.8, 4) is 0 Å². The van der Waals surface area contributed by atoms with Gasteiger partial charge in [-0.1, -0.05) is 6.07 Å². The number of carbonyl (C=O) groups excluding carboxylic acids is 3. The highest BCUT2D eigenvalue weighted by Gasteiger charge is 2.39. The number of hydrogen-bond acceptors (Lipinski definition) is 4. The molecule has 6 nitrogen and oxygen atoms in total. The van der Waals surface area contributed by atoms with Crippen LogP contribution in [-0.4, -0.2) is 40.1 Å². The number of nitrogens with zero attached hydrogens (tertiary/aromatic N) is 2. The minimum Gasteiger partial charge on any atom is -0.328 e. The average molecular weight is 363 g/mol. The Labute approximate surface area is 157 Å². The fourth-order valence-electron chi connectivity index (χ4n) is 3.42. The van der Waals surface area contributed by atoms with Crippen LogP contribution in [0.2, 0.25) is 0 Å². The zero-order valence-corrected chi connectivity index (χ0v) is 15.4. The molecule has 0 saturated heterocycles. The Hall–Kier alpha value is -3.02. The molecule has 138 valence electrons. The molecule has 4 rings (SSSR count). The second-order valence-electron chi connectivity index (χ2n) is 7.67. The molecule has 2 amide bonds. The smallest absolute Gasteiger partial charge is 0.254 e. The minimum absolute atomic E-state index is 0.0319. The van der Waals surface area contributed by atoms with Gasteiger partial charge in [-0.25, -0.2) is 0 Å². The fraction of sp³-hybridized carbons (Fsp3) is 0.333. The summed E-state index contributed by atoms with van der Waals surface area (Å²) in [6.07, 6.45) is 4.94. The molecule has 1 fully saturated rings. The van der Waals surface area contributed by atoms with Gasteiger partial charge in [-0.15, -0.1) is 0 Å². The molecule has 27 heavy (non-hydrogen) atoms. The van der Waals surface area contributed by atoms with Crippen molar-refractivity contribution < 1.29 is 14.4 Å². The standard InChI is InChI=1S/C21H21N3O3/c1-21(2)16-8-5-13(10-17(16)23-20(21)27)19(26)24(15-6-7-15)12-18(25)14-4-3-9-22-11-14/h3-5,8-11,15H,6-7,12H2,1-2H3,(H,23,27). The Bertz CT molecular complexity index is 933. The number of hydrogen-bond donors (Lipinski definition) is 1. The Kier molecular flexibility index (Phi) is 4.06. The first kappa shape index (κ1) is 17.4. The lowest BCUT2D eigenvalue weighted by Gasteiger charge is -2.22. The van der Waals surface area contributed by atoms with Crippen molar-refractivity contribution in [1.82, 2.24) is 9.88 Å². The van der Waals surface area contributed by atoms with Crippen LogP contribution in [0.1, 0.15) is 53.0 Å². The minimum atomic E-state index is -0.608. The topological polar surface area (TPSA) is 79.4 Å². The molecule has 1 aromatic carbocycles. The lowest BCUT2D eigenvalue weighted by Crippen LogP contribution is -2.37. The molecule has 1 saturated carbocycles. The Morgan fingerprint density at radius 3 is 2.67 bits per heavy atom. The number of amides is 2. The molecule has 1 N–H and O–H groups in total. The summed E-state index contributed by atoms with van der Waals surface area (Å²) < 4.78 is 0. The summed E-state index contributed by atoms with van der Waals surface area (Å²) in [6, 6.07) is 8.80. The number of carbonyl (C=O) groups is 3. The van der Waals surface area contributed by atoms with Crippen molar-refractivity contribution >= 4 is 23.3 Å². The summed E-state index contributed by atoms with van der Waals surface area (Å²) in [5.41, 5.74) is 1.93. The third kappa shape index (κ3) is 3.12. The predicted octanol–water partition coefficient (Wildman–Crippen LogP) is 2.80. The number of fused-ring (bicyclic) bond motifs is 1. The van der Waals surface area contributed by atoms with Gasteiger partial charge in [0.2, 0.25) is 5.91 Å². The highest BCUT2D eigenvalue weighted by atomic mass is 16.2. The Balaban J connectivity index is 1.58. The molecule has 1 aliphatic carbocycles. The summed E-state index contributed by atoms with van der Waals surface area (Å²) in [5.74, 6) is -0.386. The van der Waals surface area contributed by atoms with E-state index in [0.717, 1.165) is 18.4 Å². The van der Waals surface area contributed by atoms with Gasteiger partial charge in [0.15, 0.2) is 5.78 Å². The van der Waals surface area contributed by atoms with Gasteiger partial charge in [-0.05, 0) is 56.5 Å². The zero-order valence-electron chi connectivity index (χ0n) is 15.4. The molecular formula is C21H21N3O3. The highest BCUT2D eigenvalue weighted by molar-refractivity contribution is 6.08. The van der Waals surface area contributed by atoms with Crippen molar-refractivity contribution in [1.29, 1.82) is 0 Å². The van der Waals surface area contributed by atoms with Crippen LogP contribution in [0.25, 0.3) is 0 Å². The van der Waals surface area contributed by atoms with Crippen LogP contribution in [0.5, 0.6) is 0 Å². The van der Waals surface area contributed by atoms with E-state index in [4.69, 9.17) is 0 Å². The van der Waals surface area contributed by atoms with Crippen LogP contribution < -0.4 is 5.32 Å². The van der Waals surface area contributed by atoms with Crippen LogP contribution >= 0.6 is 0 Å². The van der Waals surface area contributed by atoms with Gasteiger partial charge in [-0.2, -0.15) is 0 Å². The van der Waals surface area contributed by atoms with Crippen molar-refractivity contribution in [2.45, 2.75) is 38.1 Å². The van der Waals surface area contributed by atoms with Crippen molar-refractivity contribution in [3.05, 3.63) is 59.4 Å². The maximum atomic E-state index is 13.1. The van der Waals surface area contributed by atoms with Gasteiger partial charge in [0.05, 0.1) is 12.0 Å². The number of aromatic nitrogens is 1. The number of pyridine rings is 1. The van der Waals surface area contributed by atoms with Gasteiger partial charge < -0.3 is 10.2 Å². The van der Waals surface area contributed by atoms with Crippen molar-refractivity contribution in [3.63, 3.8) is 0 Å². The van der Waals surface area contributed by atoms with E-state index in [1.807, 2.05) is 19.9 Å². The number of ketones is 1. The van der Waals surface area contributed by atoms with Crippen LogP contribution in [0.15, 0.2) is 42.7 Å². The van der Waals surface area contributed by atoms with E-state index in [-0.39, 0.29) is 30.2 Å². The van der Waals surface area contributed by atoms with Crippen molar-refractivity contribution in [2.75, 3.05) is 11.9 Å². The van der Waals surface area contributed by atoms with Gasteiger partial charge in [-0.3, -0.25) is 19.4 Å². The van der Waals surface area contributed by atoms with Crippen molar-refractivity contribution in [2.24, 2.45) is 0 Å². The molecule has 1 aliphatic heterocycles. The molecule has 2 heterocycles. The van der Waals surface area contributed by atoms with Crippen LogP contribution in [0, 0.1) is 0 Å². The van der Waals surface area contributed by atoms with E-state index in [1.165, 1.54) is 6.20 Å². The summed E-state index contributed by atoms with van der Waals surface area (Å²) in [6.45, 7) is 3.75. The first-order valence-corrected chi connectivity index (χ1v) is 9.08. The Morgan fingerprint density at radius 2 is 2.00 bits per heavy atom. The number of anilines is 1. The normalized spacial score (nSPS) is 17.2. The molecule has 0 unspecified atom stereocenters. The molecule has 0 spiro atoms. The molecular weight excluding hydrogens is 342 g/mol. The van der Waals surface area contributed by atoms with E-state index in [1.54, 1.807) is 35.4 Å². The monoisotopic (exact) mass is 363 g/mol. The number of benzene rings is 1. The molecule has 6 heteroatoms. The number of nitrogens with one attached hydrogen (secondary N) is 1. The highest BCUT2D eigenvalue weighted by Crippen LogP contribution is 2.38. The first-order valence-electron chi connectivity index (χ1n) is 9.08. The third-order valence-electron chi connectivity index (χ3n) is 5.30. The third-order valence-corrected chi connectivity index (χ3v) is 5.30. The Morgan fingerprint density at radius 1 is 1.22 bits per heavy atom. The molecule has 1 aromatic heterocycles. The first-order chi connectivity index (χ1) is 12.9. The predicted molar refractivity (Wildman–Crippen MR) is 101 cm³/mol. The second kappa shape index (κ2) is 6.30. The van der Waals surface area contributed by atoms with Crippen LogP contribution in [-0.2, 0) is 10.2 Å². The van der Waals surface area contributed by atoms with Crippen LogP contribution in [0.4, 0.5) is 5.69 Å². The lowest BCUT2D eigenvalue weighted by molar-refractivity contribution is -0.119. The average Bonchev–Trinajstić information content (AvgIpc) is 3.47. The maximum absolute atomic E-state index is 13.1. The number of rotatable bonds is 5. The zero-order chi connectivity index (χ0) is 19.2. The molecule has 2 aliphatic rings. The maximum Gasteiger partial charge on any atom is 0.254 e. The molecule has 0 atom stereocenters. The summed E-state index contributed by atoms with van der Waals surface area (Å²) in [4.78, 5) is 43.4. The van der Waals surface area contributed by atoms with Crippen LogP contribution in [0.3, 0.4) is 0 Å². The van der Waals surface area contributed by atoms with E-state index >= 15 is 0 Å². The second-order valence-corrected chi connectivity index (χ2v) is 7.67. The van der Waals surface area contributed by atoms with E-state index in [9.17, 15) is 14.4 Å². The van der Waals surface area contributed by atoms with Gasteiger partial charge in [0.1, 0.15) is 0 Å². The van der Waals surface area contributed by atoms with E-state index < -0.39 is 5.41 Å². The summed E-state index contributed by atoms with van der Waals surface area (Å²) >= 11 is 0. The molecule has 0 radical (unpaired) electrons. The summed E-state index contributed by atoms with van der Waals surface area (Å²) in [7, 11) is 0. The quantitative estimate of drug-likeness (QED) is 0.829. The SMILES string of the molecule is CC1(C)C(=O)Nc2cc(C(=O)N(CC(=O)c3cccnc3)C3CC3)ccc21. The van der Waals surface area contributed by atoms with Gasteiger partial charge in [0, 0.05) is 35.2 Å². The van der Waals surface area contributed by atoms with E-state index in [0.29, 0.717) is 16.8 Å². The lowest BCUT2D eigenvalue weighted by atomic mass is 9.86. The van der Waals surface area contributed by atoms with Gasteiger partial charge >= 0.3 is 0 Å². The largest absolute Gasteiger partial charge is 0.328 e. The molecule has 2 aromatic rings. The molecule has 0 bridgehead atoms.